The number of ketones is 1. The van der Waals surface area contributed by atoms with E-state index in [1.165, 1.54) is 24.3 Å². The zero-order valence-electron chi connectivity index (χ0n) is 15.0. The number of nitrogens with one attached hydrogen (secondary N) is 1. The van der Waals surface area contributed by atoms with Gasteiger partial charge in [0.2, 0.25) is 0 Å². The molecule has 0 atom stereocenters. The molecule has 3 rings (SSSR count). The van der Waals surface area contributed by atoms with Gasteiger partial charge in [-0.3, -0.25) is 4.79 Å². The van der Waals surface area contributed by atoms with Gasteiger partial charge in [0, 0.05) is 35.2 Å². The summed E-state index contributed by atoms with van der Waals surface area (Å²) in [5.74, 6) is -2.50. The number of nitrogens with zero attached hydrogens (tertiary/aromatic N) is 1. The van der Waals surface area contributed by atoms with E-state index in [-0.39, 0.29) is 23.5 Å². The molecule has 1 saturated heterocycles. The monoisotopic (exact) mass is 406 g/mol. The fourth-order valence-electron chi connectivity index (χ4n) is 3.13. The molecule has 0 aromatic heterocycles. The number of amides is 2. The van der Waals surface area contributed by atoms with Crippen molar-refractivity contribution in [3.8, 4) is 5.75 Å². The second-order valence-electron chi connectivity index (χ2n) is 6.51. The number of thioether (sulfide) groups is 1. The van der Waals surface area contributed by atoms with Gasteiger partial charge in [-0.15, -0.1) is 0 Å². The molecule has 0 saturated carbocycles. The van der Waals surface area contributed by atoms with Crippen LogP contribution >= 0.6 is 11.8 Å². The third-order valence-electron chi connectivity index (χ3n) is 4.64. The van der Waals surface area contributed by atoms with Gasteiger partial charge in [-0.1, -0.05) is 11.8 Å². The van der Waals surface area contributed by atoms with Gasteiger partial charge in [0.05, 0.1) is 0 Å². The Hall–Kier alpha value is -2.61. The Morgan fingerprint density at radius 1 is 1.04 bits per heavy atom. The highest BCUT2D eigenvalue weighted by molar-refractivity contribution is 7.99. The lowest BCUT2D eigenvalue weighted by Gasteiger charge is -2.31. The van der Waals surface area contributed by atoms with E-state index in [0.29, 0.717) is 53.8 Å². The molecule has 1 aliphatic heterocycles. The third kappa shape index (κ3) is 5.22. The Kier molecular flexibility index (Phi) is 6.51. The van der Waals surface area contributed by atoms with Gasteiger partial charge in [-0.25, -0.2) is 4.79 Å². The second-order valence-corrected chi connectivity index (χ2v) is 7.57. The van der Waals surface area contributed by atoms with Gasteiger partial charge in [0.1, 0.15) is 5.75 Å². The van der Waals surface area contributed by atoms with Crippen LogP contribution in [0.3, 0.4) is 0 Å². The summed E-state index contributed by atoms with van der Waals surface area (Å²) in [5.41, 5.74) is 1.09. The number of rotatable bonds is 5. The van der Waals surface area contributed by atoms with Gasteiger partial charge in [-0.2, -0.15) is 8.78 Å². The van der Waals surface area contributed by atoms with Gasteiger partial charge in [0.15, 0.2) is 5.78 Å². The van der Waals surface area contributed by atoms with Crippen molar-refractivity contribution in [1.29, 1.82) is 0 Å². The molecule has 2 amide bonds. The van der Waals surface area contributed by atoms with Gasteiger partial charge < -0.3 is 15.3 Å². The SMILES string of the molecule is O=C(c1ccc(O)cc1)C1CCN(C(=O)Nc2ccc(SC(F)F)cc2)CC1. The Morgan fingerprint density at radius 3 is 2.21 bits per heavy atom. The van der Waals surface area contributed by atoms with Crippen LogP contribution in [0, 0.1) is 5.92 Å². The molecule has 0 radical (unpaired) electrons. The number of hydrogen-bond donors (Lipinski definition) is 2. The fraction of sp³-hybridized carbons (Fsp3) is 0.300. The van der Waals surface area contributed by atoms with Gasteiger partial charge in [-0.05, 0) is 61.4 Å². The van der Waals surface area contributed by atoms with E-state index in [9.17, 15) is 23.5 Å². The Morgan fingerprint density at radius 2 is 1.64 bits per heavy atom. The van der Waals surface area contributed by atoms with Crippen molar-refractivity contribution in [2.75, 3.05) is 18.4 Å². The smallest absolute Gasteiger partial charge is 0.321 e. The Labute approximate surface area is 165 Å². The molecule has 28 heavy (non-hydrogen) atoms. The predicted octanol–water partition coefficient (Wildman–Crippen LogP) is 4.83. The number of likely N-dealkylation sites (tertiary alicyclic amines) is 1. The summed E-state index contributed by atoms with van der Waals surface area (Å²) >= 11 is 0.454. The molecule has 2 N–H and O–H groups in total. The lowest BCUT2D eigenvalue weighted by atomic mass is 9.89. The number of Topliss-reactive ketones (excluding diaryl/α,β-unsaturated/α-hetero) is 1. The van der Waals surface area contributed by atoms with Crippen LogP contribution in [0.2, 0.25) is 0 Å². The topological polar surface area (TPSA) is 69.6 Å². The maximum Gasteiger partial charge on any atom is 0.321 e. The summed E-state index contributed by atoms with van der Waals surface area (Å²) < 4.78 is 24.7. The number of phenols is 1. The van der Waals surface area contributed by atoms with Crippen molar-refractivity contribution in [3.63, 3.8) is 0 Å². The summed E-state index contributed by atoms with van der Waals surface area (Å²) in [6, 6.07) is 12.2. The van der Waals surface area contributed by atoms with Gasteiger partial charge in [0.25, 0.3) is 5.76 Å². The molecular weight excluding hydrogens is 386 g/mol. The van der Waals surface area contributed by atoms with Crippen molar-refractivity contribution >= 4 is 29.3 Å². The van der Waals surface area contributed by atoms with E-state index >= 15 is 0 Å². The van der Waals surface area contributed by atoms with Crippen LogP contribution in [0.5, 0.6) is 5.75 Å². The number of benzene rings is 2. The average Bonchev–Trinajstić information content (AvgIpc) is 2.69. The molecule has 0 aliphatic carbocycles. The number of anilines is 1. The quantitative estimate of drug-likeness (QED) is 0.551. The first-order valence-corrected chi connectivity index (χ1v) is 9.74. The number of carbonyl (C=O) groups is 2. The number of phenolic OH excluding ortho intramolecular Hbond substituents is 1. The summed E-state index contributed by atoms with van der Waals surface area (Å²) in [6.45, 7) is 0.916. The number of halogens is 2. The number of urea groups is 1. The minimum absolute atomic E-state index is 0.0205. The van der Waals surface area contributed by atoms with Crippen LogP contribution in [-0.4, -0.2) is 40.7 Å². The zero-order chi connectivity index (χ0) is 20.1. The van der Waals surface area contributed by atoms with Crippen molar-refractivity contribution in [1.82, 2.24) is 4.90 Å². The van der Waals surface area contributed by atoms with Crippen LogP contribution in [0.4, 0.5) is 19.3 Å². The van der Waals surface area contributed by atoms with E-state index in [0.717, 1.165) is 0 Å². The van der Waals surface area contributed by atoms with Crippen LogP contribution in [0.1, 0.15) is 23.2 Å². The van der Waals surface area contributed by atoms with Gasteiger partial charge >= 0.3 is 6.03 Å². The number of piperidine rings is 1. The first-order chi connectivity index (χ1) is 13.4. The van der Waals surface area contributed by atoms with Crippen molar-refractivity contribution in [2.45, 2.75) is 23.5 Å². The molecule has 8 heteroatoms. The summed E-state index contributed by atoms with van der Waals surface area (Å²) in [7, 11) is 0. The Bertz CT molecular complexity index is 820. The first kappa shape index (κ1) is 20.1. The molecule has 2 aromatic rings. The standard InChI is InChI=1S/C20H20F2N2O3S/c21-19(22)28-17-7-3-15(4-8-17)23-20(27)24-11-9-14(10-12-24)18(26)13-1-5-16(25)6-2-13/h1-8,14,19,25H,9-12H2,(H,23,27). The largest absolute Gasteiger partial charge is 0.508 e. The molecule has 1 aliphatic rings. The van der Waals surface area contributed by atoms with Crippen LogP contribution in [0.25, 0.3) is 0 Å². The predicted molar refractivity (Wildman–Crippen MR) is 104 cm³/mol. The highest BCUT2D eigenvalue weighted by atomic mass is 32.2. The van der Waals surface area contributed by atoms with E-state index in [1.807, 2.05) is 0 Å². The van der Waals surface area contributed by atoms with E-state index in [4.69, 9.17) is 0 Å². The molecule has 148 valence electrons. The summed E-state index contributed by atoms with van der Waals surface area (Å²) in [6.07, 6.45) is 1.13. The maximum absolute atomic E-state index is 12.5. The third-order valence-corrected chi connectivity index (χ3v) is 5.36. The van der Waals surface area contributed by atoms with Crippen LogP contribution in [0.15, 0.2) is 53.4 Å². The summed E-state index contributed by atoms with van der Waals surface area (Å²) in [5, 5.41) is 12.1. The Balaban J connectivity index is 1.50. The highest BCUT2D eigenvalue weighted by Crippen LogP contribution is 2.27. The van der Waals surface area contributed by atoms with E-state index < -0.39 is 5.76 Å². The summed E-state index contributed by atoms with van der Waals surface area (Å²) in [4.78, 5) is 27.0. The van der Waals surface area contributed by atoms with Crippen LogP contribution < -0.4 is 5.32 Å². The average molecular weight is 406 g/mol. The van der Waals surface area contributed by atoms with Crippen molar-refractivity contribution in [3.05, 3.63) is 54.1 Å². The van der Waals surface area contributed by atoms with Crippen LogP contribution in [-0.2, 0) is 0 Å². The maximum atomic E-state index is 12.5. The lowest BCUT2D eigenvalue weighted by molar-refractivity contribution is 0.0859. The van der Waals surface area contributed by atoms with Crippen molar-refractivity contribution in [2.24, 2.45) is 5.92 Å². The number of alkyl halides is 2. The first-order valence-electron chi connectivity index (χ1n) is 8.86. The minimum Gasteiger partial charge on any atom is -0.508 e. The number of hydrogen-bond acceptors (Lipinski definition) is 4. The molecule has 0 bridgehead atoms. The normalized spacial score (nSPS) is 14.9. The molecule has 1 heterocycles. The highest BCUT2D eigenvalue weighted by Gasteiger charge is 2.28. The lowest BCUT2D eigenvalue weighted by Crippen LogP contribution is -2.42. The fourth-order valence-corrected chi connectivity index (χ4v) is 3.63. The molecule has 1 fully saturated rings. The molecule has 2 aromatic carbocycles. The molecule has 0 unspecified atom stereocenters. The molecule has 5 nitrogen and oxygen atoms in total. The van der Waals surface area contributed by atoms with E-state index in [2.05, 4.69) is 5.32 Å². The second kappa shape index (κ2) is 9.05. The van der Waals surface area contributed by atoms with E-state index in [1.54, 1.807) is 29.2 Å². The number of carbonyl (C=O) groups excluding carboxylic acids is 2. The zero-order valence-corrected chi connectivity index (χ0v) is 15.8. The van der Waals surface area contributed by atoms with Crippen molar-refractivity contribution < 1.29 is 23.5 Å². The molecule has 0 spiro atoms. The number of aromatic hydroxyl groups is 1. The molecular formula is C20H20F2N2O3S. The minimum atomic E-state index is -2.48.